The summed E-state index contributed by atoms with van der Waals surface area (Å²) in [7, 11) is 1.55. The number of fused-ring (bicyclic) bond motifs is 6. The van der Waals surface area contributed by atoms with E-state index in [9.17, 15) is 19.2 Å². The predicted octanol–water partition coefficient (Wildman–Crippen LogP) is 7.37. The molecule has 238 valence electrons. The summed E-state index contributed by atoms with van der Waals surface area (Å²) >= 11 is 3.56. The number of aromatic nitrogens is 1. The summed E-state index contributed by atoms with van der Waals surface area (Å²) in [4.78, 5) is 60.1. The molecule has 1 aliphatic heterocycles. The number of Topliss-reactive ketones (excluding diaryl/α,β-unsaturated/α-hetero) is 1. The highest BCUT2D eigenvalue weighted by Crippen LogP contribution is 2.56. The number of methoxy groups -OCH3 is 1. The van der Waals surface area contributed by atoms with Crippen LogP contribution in [-0.4, -0.2) is 41.8 Å². The van der Waals surface area contributed by atoms with Gasteiger partial charge >= 0.3 is 5.97 Å². The van der Waals surface area contributed by atoms with E-state index < -0.39 is 12.1 Å². The fraction of sp³-hybridized carbons (Fsp3) is 0.289. The van der Waals surface area contributed by atoms with Crippen LogP contribution in [0.2, 0.25) is 0 Å². The molecule has 8 nitrogen and oxygen atoms in total. The lowest BCUT2D eigenvalue weighted by Crippen LogP contribution is -2.32. The van der Waals surface area contributed by atoms with Crippen LogP contribution in [-0.2, 0) is 20.7 Å². The molecule has 2 aliphatic carbocycles. The Labute approximate surface area is 280 Å². The van der Waals surface area contributed by atoms with E-state index in [1.807, 2.05) is 31.2 Å². The van der Waals surface area contributed by atoms with Gasteiger partial charge in [0.2, 0.25) is 17.6 Å². The van der Waals surface area contributed by atoms with Crippen molar-refractivity contribution in [1.29, 1.82) is 0 Å². The maximum Gasteiger partial charge on any atom is 0.339 e. The molecule has 2 bridgehead atoms. The van der Waals surface area contributed by atoms with Gasteiger partial charge in [-0.3, -0.25) is 19.3 Å². The van der Waals surface area contributed by atoms with Crippen LogP contribution in [0, 0.1) is 23.7 Å². The molecule has 1 saturated carbocycles. The monoisotopic (exact) mass is 692 g/mol. The van der Waals surface area contributed by atoms with Gasteiger partial charge in [-0.05, 0) is 98.7 Å². The van der Waals surface area contributed by atoms with Crippen molar-refractivity contribution >= 4 is 56.1 Å². The molecular formula is C38H33BrN2O6. The van der Waals surface area contributed by atoms with Crippen LogP contribution < -0.4 is 9.64 Å². The SMILES string of the molecule is CCc1cc(Br)cc2c(C(=O)OC(C)C(=O)c3ccc(OC)cc3)cc(-c3ccc(N4C(=O)C5C6C=C(C)C(C6)C5C4=O)cc3)nc12. The van der Waals surface area contributed by atoms with Crippen LogP contribution in [0.5, 0.6) is 5.75 Å². The van der Waals surface area contributed by atoms with E-state index in [1.54, 1.807) is 56.5 Å². The van der Waals surface area contributed by atoms with Gasteiger partial charge in [0, 0.05) is 21.0 Å². The molecule has 5 atom stereocenters. The summed E-state index contributed by atoms with van der Waals surface area (Å²) in [6.45, 7) is 5.62. The molecule has 1 aromatic heterocycles. The maximum atomic E-state index is 13.8. The number of benzene rings is 3. The van der Waals surface area contributed by atoms with Crippen LogP contribution in [0.4, 0.5) is 5.69 Å². The second-order valence-corrected chi connectivity index (χ2v) is 13.5. The van der Waals surface area contributed by atoms with E-state index in [0.29, 0.717) is 45.6 Å². The van der Waals surface area contributed by atoms with Crippen LogP contribution in [0.3, 0.4) is 0 Å². The standard InChI is InChI=1S/C38H33BrN2O6/c1-5-21-15-25(39)17-29-30(38(45)47-20(3)35(42)23-8-12-27(46-4)13-9-23)18-31(40-34(21)29)22-6-10-26(11-7-22)41-36(43)32-24-14-19(2)28(16-24)33(32)37(41)44/h6-15,17-18,20,24,28,32-33H,5,16H2,1-4H3. The Morgan fingerprint density at radius 2 is 1.70 bits per heavy atom. The molecule has 47 heavy (non-hydrogen) atoms. The number of rotatable bonds is 8. The summed E-state index contributed by atoms with van der Waals surface area (Å²) in [5, 5.41) is 0.601. The van der Waals surface area contributed by atoms with Gasteiger partial charge in [0.25, 0.3) is 0 Å². The quantitative estimate of drug-likeness (QED) is 0.0823. The largest absolute Gasteiger partial charge is 0.497 e. The Hall–Kier alpha value is -4.63. The summed E-state index contributed by atoms with van der Waals surface area (Å²) in [5.74, 6) is -0.903. The van der Waals surface area contributed by atoms with Gasteiger partial charge in [-0.25, -0.2) is 9.78 Å². The number of ketones is 1. The summed E-state index contributed by atoms with van der Waals surface area (Å²) < 4.78 is 11.7. The first kappa shape index (κ1) is 31.0. The minimum Gasteiger partial charge on any atom is -0.497 e. The fourth-order valence-electron chi connectivity index (χ4n) is 7.52. The number of hydrogen-bond acceptors (Lipinski definition) is 7. The molecule has 7 rings (SSSR count). The highest BCUT2D eigenvalue weighted by Gasteiger charge is 2.60. The summed E-state index contributed by atoms with van der Waals surface area (Å²) in [6.07, 6.45) is 2.68. The zero-order valence-corrected chi connectivity index (χ0v) is 28.0. The highest BCUT2D eigenvalue weighted by atomic mass is 79.9. The topological polar surface area (TPSA) is 103 Å². The fourth-order valence-corrected chi connectivity index (χ4v) is 8.03. The molecular weight excluding hydrogens is 660 g/mol. The van der Waals surface area contributed by atoms with Gasteiger partial charge in [0.1, 0.15) is 5.75 Å². The van der Waals surface area contributed by atoms with Gasteiger partial charge in [-0.1, -0.05) is 46.6 Å². The lowest BCUT2D eigenvalue weighted by atomic mass is 9.82. The number of allylic oxidation sites excluding steroid dienone is 2. The number of pyridine rings is 1. The number of esters is 1. The second-order valence-electron chi connectivity index (χ2n) is 12.5. The average Bonchev–Trinajstić information content (AvgIpc) is 3.72. The van der Waals surface area contributed by atoms with Crippen molar-refractivity contribution in [2.45, 2.75) is 39.7 Å². The Morgan fingerprint density at radius 3 is 2.38 bits per heavy atom. The van der Waals surface area contributed by atoms with E-state index >= 15 is 0 Å². The minimum atomic E-state index is -1.04. The number of carbonyl (C=O) groups is 4. The van der Waals surface area contributed by atoms with Gasteiger partial charge in [0.05, 0.1) is 41.4 Å². The summed E-state index contributed by atoms with van der Waals surface area (Å²) in [6, 6.07) is 19.2. The number of aryl methyl sites for hydroxylation is 1. The Balaban J connectivity index is 1.20. The van der Waals surface area contributed by atoms with Crippen molar-refractivity contribution in [3.63, 3.8) is 0 Å². The Bertz CT molecular complexity index is 2000. The molecule has 0 spiro atoms. The minimum absolute atomic E-state index is 0.127. The number of imide groups is 1. The lowest BCUT2D eigenvalue weighted by Gasteiger charge is -2.19. The normalized spacial score (nSPS) is 22.0. The second kappa shape index (κ2) is 11.9. The van der Waals surface area contributed by atoms with Crippen LogP contribution in [0.25, 0.3) is 22.2 Å². The maximum absolute atomic E-state index is 13.8. The molecule has 2 fully saturated rings. The van der Waals surface area contributed by atoms with Crippen molar-refractivity contribution in [3.05, 3.63) is 99.5 Å². The molecule has 4 aromatic rings. The van der Waals surface area contributed by atoms with E-state index in [1.165, 1.54) is 10.5 Å². The van der Waals surface area contributed by atoms with Crippen LogP contribution >= 0.6 is 15.9 Å². The van der Waals surface area contributed by atoms with E-state index in [4.69, 9.17) is 14.5 Å². The van der Waals surface area contributed by atoms with E-state index in [-0.39, 0.29) is 46.8 Å². The Morgan fingerprint density at radius 1 is 1.00 bits per heavy atom. The van der Waals surface area contributed by atoms with Crippen molar-refractivity contribution in [1.82, 2.24) is 4.98 Å². The third-order valence-corrected chi connectivity index (χ3v) is 10.3. The molecule has 3 aromatic carbocycles. The molecule has 2 amide bonds. The van der Waals surface area contributed by atoms with Crippen LogP contribution in [0.15, 0.2) is 82.9 Å². The third kappa shape index (κ3) is 5.17. The molecule has 2 heterocycles. The van der Waals surface area contributed by atoms with Crippen molar-refractivity contribution in [2.24, 2.45) is 23.7 Å². The number of amides is 2. The van der Waals surface area contributed by atoms with Gasteiger partial charge in [-0.15, -0.1) is 0 Å². The third-order valence-electron chi connectivity index (χ3n) is 9.89. The van der Waals surface area contributed by atoms with Crippen molar-refractivity contribution in [2.75, 3.05) is 12.0 Å². The van der Waals surface area contributed by atoms with E-state index in [2.05, 4.69) is 28.9 Å². The molecule has 0 radical (unpaired) electrons. The van der Waals surface area contributed by atoms with Crippen molar-refractivity contribution in [3.8, 4) is 17.0 Å². The zero-order valence-electron chi connectivity index (χ0n) is 26.5. The first-order valence-electron chi connectivity index (χ1n) is 15.8. The molecule has 3 aliphatic rings. The first-order chi connectivity index (χ1) is 22.6. The average molecular weight is 694 g/mol. The number of ether oxygens (including phenoxy) is 2. The summed E-state index contributed by atoms with van der Waals surface area (Å²) in [5.41, 5.74) is 5.22. The Kier molecular flexibility index (Phi) is 7.83. The number of halogens is 1. The number of nitrogens with zero attached hydrogens (tertiary/aromatic N) is 2. The number of hydrogen-bond donors (Lipinski definition) is 0. The van der Waals surface area contributed by atoms with Gasteiger partial charge < -0.3 is 9.47 Å². The van der Waals surface area contributed by atoms with Gasteiger partial charge in [0.15, 0.2) is 6.10 Å². The lowest BCUT2D eigenvalue weighted by molar-refractivity contribution is -0.123. The van der Waals surface area contributed by atoms with E-state index in [0.717, 1.165) is 16.5 Å². The predicted molar refractivity (Wildman–Crippen MR) is 181 cm³/mol. The molecule has 1 saturated heterocycles. The first-order valence-corrected chi connectivity index (χ1v) is 16.6. The van der Waals surface area contributed by atoms with Crippen molar-refractivity contribution < 1.29 is 28.7 Å². The molecule has 5 unspecified atom stereocenters. The molecule has 0 N–H and O–H groups in total. The van der Waals surface area contributed by atoms with Crippen LogP contribution in [0.1, 0.15) is 53.5 Å². The number of carbonyl (C=O) groups excluding carboxylic acids is 4. The zero-order chi connectivity index (χ0) is 33.1. The highest BCUT2D eigenvalue weighted by molar-refractivity contribution is 9.10. The smallest absolute Gasteiger partial charge is 0.339 e. The number of anilines is 1. The van der Waals surface area contributed by atoms with Gasteiger partial charge in [-0.2, -0.15) is 0 Å². The molecule has 9 heteroatoms.